The summed E-state index contributed by atoms with van der Waals surface area (Å²) in [7, 11) is 0. The molecule has 2 rings (SSSR count). The van der Waals surface area contributed by atoms with Crippen LogP contribution in [0.1, 0.15) is 39.5 Å². The molecule has 118 valence electrons. The minimum atomic E-state index is 0.316. The van der Waals surface area contributed by atoms with Crippen LogP contribution < -0.4 is 10.1 Å². The summed E-state index contributed by atoms with van der Waals surface area (Å²) in [4.78, 5) is 2.61. The Morgan fingerprint density at radius 2 is 1.95 bits per heavy atom. The first kappa shape index (κ1) is 16.3. The Morgan fingerprint density at radius 3 is 2.67 bits per heavy atom. The number of rotatable bonds is 7. The van der Waals surface area contributed by atoms with Gasteiger partial charge in [0.25, 0.3) is 0 Å². The van der Waals surface area contributed by atoms with Crippen molar-refractivity contribution in [3.05, 3.63) is 30.3 Å². The van der Waals surface area contributed by atoms with Gasteiger partial charge in [-0.25, -0.2) is 0 Å². The van der Waals surface area contributed by atoms with Crippen LogP contribution in [0.2, 0.25) is 0 Å². The number of nitrogens with zero attached hydrogens (tertiary/aromatic N) is 1. The van der Waals surface area contributed by atoms with Crippen molar-refractivity contribution >= 4 is 0 Å². The summed E-state index contributed by atoms with van der Waals surface area (Å²) in [6, 6.07) is 10.1. The molecule has 0 atom stereocenters. The van der Waals surface area contributed by atoms with Crippen LogP contribution in [-0.2, 0) is 0 Å². The van der Waals surface area contributed by atoms with E-state index in [9.17, 15) is 0 Å². The van der Waals surface area contributed by atoms with Gasteiger partial charge in [0.15, 0.2) is 0 Å². The molecular weight excluding hydrogens is 260 g/mol. The number of para-hydroxylation sites is 1. The summed E-state index contributed by atoms with van der Waals surface area (Å²) in [6.07, 6.45) is 4.76. The van der Waals surface area contributed by atoms with Gasteiger partial charge in [0.1, 0.15) is 5.75 Å². The summed E-state index contributed by atoms with van der Waals surface area (Å²) in [5.74, 6) is 0.978. The van der Waals surface area contributed by atoms with Crippen LogP contribution in [0.25, 0.3) is 0 Å². The minimum absolute atomic E-state index is 0.316. The molecule has 1 saturated heterocycles. The number of nitrogens with one attached hydrogen (secondary N) is 1. The van der Waals surface area contributed by atoms with E-state index in [0.29, 0.717) is 5.54 Å². The van der Waals surface area contributed by atoms with E-state index in [1.165, 1.54) is 32.4 Å². The van der Waals surface area contributed by atoms with Gasteiger partial charge < -0.3 is 15.0 Å². The van der Waals surface area contributed by atoms with E-state index in [1.54, 1.807) is 0 Å². The standard InChI is InChI=1S/C18H30N2O/c1-3-18(4-2)16-20(13-8-12-19-18)14-9-15-21-17-10-6-5-7-11-17/h5-7,10-11,19H,3-4,8-9,12-16H2,1-2H3. The Hall–Kier alpha value is -1.06. The second-order valence-electron chi connectivity index (χ2n) is 6.06. The molecule has 21 heavy (non-hydrogen) atoms. The van der Waals surface area contributed by atoms with Gasteiger partial charge in [0.05, 0.1) is 6.61 Å². The molecule has 1 aliphatic heterocycles. The van der Waals surface area contributed by atoms with Crippen molar-refractivity contribution < 1.29 is 4.74 Å². The van der Waals surface area contributed by atoms with Crippen molar-refractivity contribution in [2.75, 3.05) is 32.8 Å². The fourth-order valence-electron chi connectivity index (χ4n) is 3.13. The van der Waals surface area contributed by atoms with Crippen molar-refractivity contribution in [1.82, 2.24) is 10.2 Å². The Labute approximate surface area is 129 Å². The third kappa shape index (κ3) is 5.01. The Balaban J connectivity index is 1.74. The number of benzene rings is 1. The van der Waals surface area contributed by atoms with E-state index in [-0.39, 0.29) is 0 Å². The average Bonchev–Trinajstić information content (AvgIpc) is 2.75. The van der Waals surface area contributed by atoms with Gasteiger partial charge in [-0.05, 0) is 50.9 Å². The fourth-order valence-corrected chi connectivity index (χ4v) is 3.13. The fraction of sp³-hybridized carbons (Fsp3) is 0.667. The maximum atomic E-state index is 5.79. The highest BCUT2D eigenvalue weighted by Crippen LogP contribution is 2.20. The molecule has 1 N–H and O–H groups in total. The zero-order valence-electron chi connectivity index (χ0n) is 13.6. The second-order valence-corrected chi connectivity index (χ2v) is 6.06. The molecule has 3 nitrogen and oxygen atoms in total. The molecule has 3 heteroatoms. The summed E-state index contributed by atoms with van der Waals surface area (Å²) >= 11 is 0. The van der Waals surface area contributed by atoms with Crippen LogP contribution in [-0.4, -0.2) is 43.2 Å². The summed E-state index contributed by atoms with van der Waals surface area (Å²) < 4.78 is 5.79. The average molecular weight is 290 g/mol. The zero-order chi connectivity index (χ0) is 15.0. The summed E-state index contributed by atoms with van der Waals surface area (Å²) in [5.41, 5.74) is 0.316. The molecule has 1 heterocycles. The smallest absolute Gasteiger partial charge is 0.119 e. The summed E-state index contributed by atoms with van der Waals surface area (Å²) in [5, 5.41) is 3.77. The maximum absolute atomic E-state index is 5.79. The summed E-state index contributed by atoms with van der Waals surface area (Å²) in [6.45, 7) is 10.1. The topological polar surface area (TPSA) is 24.5 Å². The van der Waals surface area contributed by atoms with Crippen LogP contribution in [0.5, 0.6) is 5.75 Å². The van der Waals surface area contributed by atoms with Gasteiger partial charge >= 0.3 is 0 Å². The quantitative estimate of drug-likeness (QED) is 0.780. The van der Waals surface area contributed by atoms with E-state index in [2.05, 4.69) is 24.1 Å². The predicted octanol–water partition coefficient (Wildman–Crippen LogP) is 3.31. The number of hydrogen-bond acceptors (Lipinski definition) is 3. The lowest BCUT2D eigenvalue weighted by molar-refractivity contribution is 0.183. The molecule has 1 fully saturated rings. The van der Waals surface area contributed by atoms with Crippen LogP contribution in [0.4, 0.5) is 0 Å². The minimum Gasteiger partial charge on any atom is -0.494 e. The van der Waals surface area contributed by atoms with E-state index in [0.717, 1.165) is 31.9 Å². The SMILES string of the molecule is CCC1(CC)CN(CCCOc2ccccc2)CCCN1. The van der Waals surface area contributed by atoms with Crippen molar-refractivity contribution in [1.29, 1.82) is 0 Å². The van der Waals surface area contributed by atoms with Crippen molar-refractivity contribution in [3.8, 4) is 5.75 Å². The molecule has 1 aliphatic rings. The molecule has 0 aromatic heterocycles. The molecule has 0 spiro atoms. The molecule has 0 unspecified atom stereocenters. The Morgan fingerprint density at radius 1 is 1.19 bits per heavy atom. The molecule has 0 aliphatic carbocycles. The van der Waals surface area contributed by atoms with Gasteiger partial charge in [-0.2, -0.15) is 0 Å². The predicted molar refractivity (Wildman–Crippen MR) is 88.9 cm³/mol. The van der Waals surface area contributed by atoms with Gasteiger partial charge in [0.2, 0.25) is 0 Å². The van der Waals surface area contributed by atoms with E-state index in [4.69, 9.17) is 4.74 Å². The zero-order valence-corrected chi connectivity index (χ0v) is 13.6. The van der Waals surface area contributed by atoms with Gasteiger partial charge in [0, 0.05) is 18.6 Å². The highest BCUT2D eigenvalue weighted by molar-refractivity contribution is 5.20. The molecular formula is C18H30N2O. The molecule has 0 radical (unpaired) electrons. The normalized spacial score (nSPS) is 19.1. The first-order valence-corrected chi connectivity index (χ1v) is 8.43. The van der Waals surface area contributed by atoms with E-state index in [1.807, 2.05) is 30.3 Å². The lowest BCUT2D eigenvalue weighted by Gasteiger charge is -2.35. The third-order valence-corrected chi connectivity index (χ3v) is 4.66. The van der Waals surface area contributed by atoms with E-state index >= 15 is 0 Å². The Bertz CT molecular complexity index is 389. The van der Waals surface area contributed by atoms with Crippen LogP contribution >= 0.6 is 0 Å². The highest BCUT2D eigenvalue weighted by Gasteiger charge is 2.29. The van der Waals surface area contributed by atoms with E-state index < -0.39 is 0 Å². The molecule has 0 saturated carbocycles. The maximum Gasteiger partial charge on any atom is 0.119 e. The van der Waals surface area contributed by atoms with Gasteiger partial charge in [-0.3, -0.25) is 0 Å². The molecule has 0 bridgehead atoms. The number of hydrogen-bond donors (Lipinski definition) is 1. The van der Waals surface area contributed by atoms with Gasteiger partial charge in [-0.1, -0.05) is 32.0 Å². The van der Waals surface area contributed by atoms with Crippen LogP contribution in [0.15, 0.2) is 30.3 Å². The molecule has 0 amide bonds. The van der Waals surface area contributed by atoms with Gasteiger partial charge in [-0.15, -0.1) is 0 Å². The van der Waals surface area contributed by atoms with Crippen LogP contribution in [0.3, 0.4) is 0 Å². The van der Waals surface area contributed by atoms with Crippen molar-refractivity contribution in [2.24, 2.45) is 0 Å². The monoisotopic (exact) mass is 290 g/mol. The molecule has 1 aromatic rings. The second kappa shape index (κ2) is 8.40. The largest absolute Gasteiger partial charge is 0.494 e. The molecule has 1 aromatic carbocycles. The van der Waals surface area contributed by atoms with Crippen molar-refractivity contribution in [3.63, 3.8) is 0 Å². The first-order chi connectivity index (χ1) is 10.3. The first-order valence-electron chi connectivity index (χ1n) is 8.43. The number of ether oxygens (including phenoxy) is 1. The van der Waals surface area contributed by atoms with Crippen LogP contribution in [0, 0.1) is 0 Å². The third-order valence-electron chi connectivity index (χ3n) is 4.66. The lowest BCUT2D eigenvalue weighted by atomic mass is 9.92. The lowest BCUT2D eigenvalue weighted by Crippen LogP contribution is -2.50. The van der Waals surface area contributed by atoms with Crippen molar-refractivity contribution in [2.45, 2.75) is 45.1 Å². The Kier molecular flexibility index (Phi) is 6.52. The highest BCUT2D eigenvalue weighted by atomic mass is 16.5.